The molecule has 1 unspecified atom stereocenters. The number of nitrogens with zero attached hydrogens (tertiary/aromatic N) is 1. The molecule has 23 heavy (non-hydrogen) atoms. The monoisotopic (exact) mass is 308 g/mol. The van der Waals surface area contributed by atoms with Gasteiger partial charge in [0, 0.05) is 23.8 Å². The zero-order valence-corrected chi connectivity index (χ0v) is 12.7. The van der Waals surface area contributed by atoms with E-state index in [0.717, 1.165) is 22.5 Å². The minimum atomic E-state index is -0.443. The second kappa shape index (κ2) is 5.43. The lowest BCUT2D eigenvalue weighted by molar-refractivity contribution is -0.117. The summed E-state index contributed by atoms with van der Waals surface area (Å²) < 4.78 is 10.8. The second-order valence-electron chi connectivity index (χ2n) is 5.66. The first-order valence-corrected chi connectivity index (χ1v) is 7.54. The van der Waals surface area contributed by atoms with Crippen LogP contribution in [0.1, 0.15) is 18.1 Å². The number of hydrogen-bond acceptors (Lipinski definition) is 4. The van der Waals surface area contributed by atoms with Gasteiger partial charge in [0.05, 0.1) is 5.69 Å². The smallest absolute Gasteiger partial charge is 0.249 e. The molecule has 2 heterocycles. The molecule has 0 bridgehead atoms. The molecule has 0 aliphatic carbocycles. The van der Waals surface area contributed by atoms with Crippen molar-refractivity contribution in [3.63, 3.8) is 0 Å². The van der Waals surface area contributed by atoms with Crippen molar-refractivity contribution >= 4 is 17.3 Å². The van der Waals surface area contributed by atoms with E-state index in [1.54, 1.807) is 6.07 Å². The number of nitrogens with one attached hydrogen (secondary N) is 1. The van der Waals surface area contributed by atoms with Crippen LogP contribution in [-0.2, 0) is 11.2 Å². The third-order valence-electron chi connectivity index (χ3n) is 4.08. The zero-order chi connectivity index (χ0) is 15.8. The maximum Gasteiger partial charge on any atom is 0.249 e. The normalized spacial score (nSPS) is 18.7. The van der Waals surface area contributed by atoms with Crippen molar-refractivity contribution in [3.8, 4) is 11.5 Å². The Morgan fingerprint density at radius 3 is 2.70 bits per heavy atom. The Balaban J connectivity index is 1.69. The van der Waals surface area contributed by atoms with Gasteiger partial charge < -0.3 is 14.8 Å². The summed E-state index contributed by atoms with van der Waals surface area (Å²) in [7, 11) is 0. The molecule has 1 N–H and O–H groups in total. The standard InChI is InChI=1S/C18H16N2O3/c1-11-13-8-16-17(23-10-22-16)9-14(13)20-18(21)15(19-11)7-12-5-3-2-4-6-12/h2-6,8-9,15H,7,10H2,1H3,(H,20,21). The lowest BCUT2D eigenvalue weighted by Gasteiger charge is -2.11. The quantitative estimate of drug-likeness (QED) is 0.928. The number of benzene rings is 2. The van der Waals surface area contributed by atoms with Crippen molar-refractivity contribution in [2.45, 2.75) is 19.4 Å². The molecule has 2 aromatic rings. The van der Waals surface area contributed by atoms with Crippen molar-refractivity contribution in [1.82, 2.24) is 0 Å². The molecule has 116 valence electrons. The Kier molecular flexibility index (Phi) is 3.26. The number of fused-ring (bicyclic) bond motifs is 2. The van der Waals surface area contributed by atoms with Crippen molar-refractivity contribution in [1.29, 1.82) is 0 Å². The highest BCUT2D eigenvalue weighted by Gasteiger charge is 2.26. The van der Waals surface area contributed by atoms with Crippen molar-refractivity contribution in [2.75, 3.05) is 12.1 Å². The van der Waals surface area contributed by atoms with Crippen LogP contribution in [0.5, 0.6) is 11.5 Å². The van der Waals surface area contributed by atoms with E-state index >= 15 is 0 Å². The zero-order valence-electron chi connectivity index (χ0n) is 12.7. The first kappa shape index (κ1) is 13.8. The van der Waals surface area contributed by atoms with Crippen molar-refractivity contribution < 1.29 is 14.3 Å². The van der Waals surface area contributed by atoms with Gasteiger partial charge in [-0.25, -0.2) is 0 Å². The van der Waals surface area contributed by atoms with E-state index in [-0.39, 0.29) is 12.7 Å². The highest BCUT2D eigenvalue weighted by atomic mass is 16.7. The molecule has 2 aromatic carbocycles. The van der Waals surface area contributed by atoms with Gasteiger partial charge in [0.25, 0.3) is 0 Å². The molecule has 0 saturated heterocycles. The fraction of sp³-hybridized carbons (Fsp3) is 0.222. The summed E-state index contributed by atoms with van der Waals surface area (Å²) in [6, 6.07) is 13.1. The number of hydrogen-bond donors (Lipinski definition) is 1. The lowest BCUT2D eigenvalue weighted by Crippen LogP contribution is -2.27. The van der Waals surface area contributed by atoms with Crippen molar-refractivity contribution in [2.24, 2.45) is 4.99 Å². The minimum Gasteiger partial charge on any atom is -0.454 e. The Bertz CT molecular complexity index is 799. The van der Waals surface area contributed by atoms with Crippen LogP contribution in [0.4, 0.5) is 5.69 Å². The van der Waals surface area contributed by atoms with Crippen LogP contribution in [0.25, 0.3) is 0 Å². The van der Waals surface area contributed by atoms with Crippen LogP contribution in [0.3, 0.4) is 0 Å². The summed E-state index contributed by atoms with van der Waals surface area (Å²) in [4.78, 5) is 17.2. The first-order valence-electron chi connectivity index (χ1n) is 7.54. The van der Waals surface area contributed by atoms with E-state index in [1.807, 2.05) is 43.3 Å². The number of carbonyl (C=O) groups excluding carboxylic acids is 1. The van der Waals surface area contributed by atoms with Gasteiger partial charge in [0.1, 0.15) is 6.04 Å². The van der Waals surface area contributed by atoms with E-state index in [4.69, 9.17) is 9.47 Å². The average molecular weight is 308 g/mol. The molecule has 2 aliphatic rings. The number of rotatable bonds is 2. The van der Waals surface area contributed by atoms with Crippen LogP contribution in [0, 0.1) is 0 Å². The Morgan fingerprint density at radius 2 is 1.91 bits per heavy atom. The molecular formula is C18H16N2O3. The molecule has 1 atom stereocenters. The number of anilines is 1. The number of aliphatic imine (C=N–C) groups is 1. The molecule has 0 fully saturated rings. The molecule has 4 rings (SSSR count). The summed E-state index contributed by atoms with van der Waals surface area (Å²) in [5, 5.41) is 2.96. The summed E-state index contributed by atoms with van der Waals surface area (Å²) in [6.07, 6.45) is 0.574. The van der Waals surface area contributed by atoms with E-state index in [2.05, 4.69) is 10.3 Å². The van der Waals surface area contributed by atoms with Crippen molar-refractivity contribution in [3.05, 3.63) is 53.6 Å². The molecular weight excluding hydrogens is 292 g/mol. The molecule has 1 amide bonds. The molecule has 0 radical (unpaired) electrons. The molecule has 0 aromatic heterocycles. The third kappa shape index (κ3) is 2.54. The largest absolute Gasteiger partial charge is 0.454 e. The number of carbonyl (C=O) groups is 1. The molecule has 0 saturated carbocycles. The van der Waals surface area contributed by atoms with Crippen LogP contribution in [-0.4, -0.2) is 24.5 Å². The summed E-state index contributed by atoms with van der Waals surface area (Å²) in [5.41, 5.74) is 3.50. The van der Waals surface area contributed by atoms with Gasteiger partial charge in [-0.1, -0.05) is 30.3 Å². The Labute approximate surface area is 134 Å². The molecule has 0 spiro atoms. The van der Waals surface area contributed by atoms with Gasteiger partial charge in [-0.15, -0.1) is 0 Å². The van der Waals surface area contributed by atoms with Crippen LogP contribution in [0.2, 0.25) is 0 Å². The van der Waals surface area contributed by atoms with E-state index in [0.29, 0.717) is 17.9 Å². The van der Waals surface area contributed by atoms with Gasteiger partial charge in [0.15, 0.2) is 11.5 Å². The van der Waals surface area contributed by atoms with E-state index in [9.17, 15) is 4.79 Å². The number of amides is 1. The Morgan fingerprint density at radius 1 is 1.17 bits per heavy atom. The number of ether oxygens (including phenoxy) is 2. The fourth-order valence-corrected chi connectivity index (χ4v) is 2.90. The molecule has 5 nitrogen and oxygen atoms in total. The minimum absolute atomic E-state index is 0.106. The highest BCUT2D eigenvalue weighted by molar-refractivity contribution is 6.11. The van der Waals surface area contributed by atoms with E-state index < -0.39 is 6.04 Å². The predicted molar refractivity (Wildman–Crippen MR) is 87.3 cm³/mol. The van der Waals surface area contributed by atoms with Crippen LogP contribution < -0.4 is 14.8 Å². The summed E-state index contributed by atoms with van der Waals surface area (Å²) in [5.74, 6) is 1.23. The Hall–Kier alpha value is -2.82. The lowest BCUT2D eigenvalue weighted by atomic mass is 10.1. The van der Waals surface area contributed by atoms with Crippen LogP contribution in [0.15, 0.2) is 47.5 Å². The third-order valence-corrected chi connectivity index (χ3v) is 4.08. The predicted octanol–water partition coefficient (Wildman–Crippen LogP) is 2.79. The molecule has 5 heteroatoms. The van der Waals surface area contributed by atoms with Gasteiger partial charge in [0.2, 0.25) is 12.7 Å². The van der Waals surface area contributed by atoms with Gasteiger partial charge >= 0.3 is 0 Å². The molecule has 2 aliphatic heterocycles. The van der Waals surface area contributed by atoms with Gasteiger partial charge in [-0.3, -0.25) is 9.79 Å². The van der Waals surface area contributed by atoms with E-state index in [1.165, 1.54) is 0 Å². The SMILES string of the molecule is CC1=NC(Cc2ccccc2)C(=O)Nc2cc3c(cc21)OCO3. The van der Waals surface area contributed by atoms with Crippen LogP contribution >= 0.6 is 0 Å². The summed E-state index contributed by atoms with van der Waals surface area (Å²) >= 11 is 0. The van der Waals surface area contributed by atoms with Gasteiger partial charge in [-0.05, 0) is 18.6 Å². The van der Waals surface area contributed by atoms with Gasteiger partial charge in [-0.2, -0.15) is 0 Å². The average Bonchev–Trinajstić information content (AvgIpc) is 2.97. The maximum atomic E-state index is 12.5. The fourth-order valence-electron chi connectivity index (χ4n) is 2.90. The second-order valence-corrected chi connectivity index (χ2v) is 5.66. The summed E-state index contributed by atoms with van der Waals surface area (Å²) in [6.45, 7) is 2.12. The first-order chi connectivity index (χ1) is 11.2. The highest BCUT2D eigenvalue weighted by Crippen LogP contribution is 2.38. The maximum absolute atomic E-state index is 12.5. The topological polar surface area (TPSA) is 59.9 Å².